The van der Waals surface area contributed by atoms with Crippen LogP contribution in [0.5, 0.6) is 11.6 Å². The van der Waals surface area contributed by atoms with Gasteiger partial charge in [-0.25, -0.2) is 22.7 Å². The zero-order chi connectivity index (χ0) is 22.6. The average molecular weight is 468 g/mol. The first-order valence-corrected chi connectivity index (χ1v) is 11.5. The van der Waals surface area contributed by atoms with Crippen LogP contribution >= 0.6 is 11.6 Å². The summed E-state index contributed by atoms with van der Waals surface area (Å²) in [5, 5.41) is 1.04. The Morgan fingerprint density at radius 3 is 2.56 bits per heavy atom. The van der Waals surface area contributed by atoms with Gasteiger partial charge in [0, 0.05) is 42.2 Å². The lowest BCUT2D eigenvalue weighted by Gasteiger charge is -2.30. The van der Waals surface area contributed by atoms with Crippen molar-refractivity contribution in [3.63, 3.8) is 0 Å². The summed E-state index contributed by atoms with van der Waals surface area (Å²) in [5.74, 6) is 0.512. The number of sulfonamides is 1. The summed E-state index contributed by atoms with van der Waals surface area (Å²) in [7, 11) is -0.800. The second-order valence-electron chi connectivity index (χ2n) is 7.54. The van der Waals surface area contributed by atoms with Crippen molar-refractivity contribution in [1.82, 2.24) is 19.3 Å². The maximum absolute atomic E-state index is 13.2. The number of nitrogens with two attached hydrogens (primary N) is 1. The van der Waals surface area contributed by atoms with E-state index in [2.05, 4.69) is 15.0 Å². The number of benzene rings is 2. The minimum atomic E-state index is -3.78. The van der Waals surface area contributed by atoms with Gasteiger partial charge in [0.25, 0.3) is 0 Å². The summed E-state index contributed by atoms with van der Waals surface area (Å²) < 4.78 is 33.8. The molecular formula is C22H18ClN5O3S. The molecule has 8 nitrogen and oxygen atoms in total. The molecule has 32 heavy (non-hydrogen) atoms. The molecule has 10 heteroatoms. The third-order valence-electron chi connectivity index (χ3n) is 5.48. The predicted octanol–water partition coefficient (Wildman–Crippen LogP) is 3.80. The Morgan fingerprint density at radius 2 is 1.84 bits per heavy atom. The number of aromatic nitrogens is 3. The summed E-state index contributed by atoms with van der Waals surface area (Å²) >= 11 is 6.11. The number of hydrogen-bond acceptors (Lipinski definition) is 7. The number of pyridine rings is 1. The number of nitrogen functional groups attached to an aromatic ring is 1. The molecule has 162 valence electrons. The van der Waals surface area contributed by atoms with Gasteiger partial charge >= 0.3 is 0 Å². The molecule has 0 fully saturated rings. The molecule has 0 bridgehead atoms. The lowest BCUT2D eigenvalue weighted by molar-refractivity contribution is 0.436. The Morgan fingerprint density at radius 1 is 1.09 bits per heavy atom. The molecule has 0 aliphatic carbocycles. The van der Waals surface area contributed by atoms with Gasteiger partial charge in [0.15, 0.2) is 5.75 Å². The zero-order valence-electron chi connectivity index (χ0n) is 17.2. The van der Waals surface area contributed by atoms with E-state index in [1.807, 2.05) is 12.1 Å². The van der Waals surface area contributed by atoms with Gasteiger partial charge < -0.3 is 10.5 Å². The molecule has 4 aromatic rings. The number of halogens is 1. The zero-order valence-corrected chi connectivity index (χ0v) is 18.7. The number of fused-ring (bicyclic) bond motifs is 4. The van der Waals surface area contributed by atoms with Crippen LogP contribution in [0.2, 0.25) is 5.02 Å². The molecule has 2 aromatic carbocycles. The van der Waals surface area contributed by atoms with Crippen LogP contribution in [0.3, 0.4) is 0 Å². The predicted molar refractivity (Wildman–Crippen MR) is 122 cm³/mol. The van der Waals surface area contributed by atoms with Gasteiger partial charge in [-0.2, -0.15) is 0 Å². The molecule has 3 heterocycles. The van der Waals surface area contributed by atoms with Crippen molar-refractivity contribution in [3.05, 3.63) is 76.7 Å². The molecule has 0 saturated carbocycles. The highest BCUT2D eigenvalue weighted by molar-refractivity contribution is 7.89. The number of ether oxygens (including phenoxy) is 1. The highest BCUT2D eigenvalue weighted by Gasteiger charge is 2.36. The Hall–Kier alpha value is -3.27. The molecule has 0 radical (unpaired) electrons. The van der Waals surface area contributed by atoms with Gasteiger partial charge in [-0.3, -0.25) is 4.98 Å². The van der Waals surface area contributed by atoms with E-state index >= 15 is 0 Å². The molecule has 0 saturated heterocycles. The van der Waals surface area contributed by atoms with Gasteiger partial charge in [0.05, 0.1) is 10.5 Å². The topological polar surface area (TPSA) is 111 Å². The Kier molecular flexibility index (Phi) is 4.77. The molecule has 2 aromatic heterocycles. The fourth-order valence-electron chi connectivity index (χ4n) is 3.94. The van der Waals surface area contributed by atoms with Crippen molar-refractivity contribution in [1.29, 1.82) is 0 Å². The van der Waals surface area contributed by atoms with Crippen LogP contribution in [0.4, 0.5) is 5.82 Å². The second kappa shape index (κ2) is 7.40. The highest BCUT2D eigenvalue weighted by Crippen LogP contribution is 2.51. The van der Waals surface area contributed by atoms with Gasteiger partial charge in [-0.15, -0.1) is 0 Å². The molecule has 1 aliphatic heterocycles. The fourth-order valence-corrected chi connectivity index (χ4v) is 5.17. The lowest BCUT2D eigenvalue weighted by atomic mass is 9.83. The molecule has 1 unspecified atom stereocenters. The van der Waals surface area contributed by atoms with Gasteiger partial charge in [-0.05, 0) is 35.9 Å². The summed E-state index contributed by atoms with van der Waals surface area (Å²) in [5.41, 5.74) is 8.67. The Balaban J connectivity index is 1.91. The van der Waals surface area contributed by atoms with Gasteiger partial charge in [-0.1, -0.05) is 23.7 Å². The quantitative estimate of drug-likeness (QED) is 0.429. The maximum atomic E-state index is 13.2. The first kappa shape index (κ1) is 20.6. The first-order valence-electron chi connectivity index (χ1n) is 9.67. The standard InChI is InChI=1S/C22H18ClN5O3S/c1-28(2)32(29,30)16-10-15-17(12-5-7-13(23)8-6-12)18-21(24)26-11-27-22(18)31-20(15)19-14(16)4-3-9-25-19/h3-11,17H,1-2H3,(H2,24,26,27). The lowest BCUT2D eigenvalue weighted by Crippen LogP contribution is -2.24. The third kappa shape index (κ3) is 3.09. The number of hydrogen-bond donors (Lipinski definition) is 1. The van der Waals surface area contributed by atoms with E-state index in [0.717, 1.165) is 5.56 Å². The van der Waals surface area contributed by atoms with E-state index in [0.29, 0.717) is 38.7 Å². The molecule has 0 amide bonds. The first-order chi connectivity index (χ1) is 15.3. The Bertz CT molecular complexity index is 1470. The van der Waals surface area contributed by atoms with Crippen molar-refractivity contribution >= 4 is 38.3 Å². The van der Waals surface area contributed by atoms with Crippen molar-refractivity contribution in [2.45, 2.75) is 10.8 Å². The van der Waals surface area contributed by atoms with Gasteiger partial charge in [0.1, 0.15) is 17.7 Å². The smallest absolute Gasteiger partial charge is 0.243 e. The van der Waals surface area contributed by atoms with E-state index < -0.39 is 15.9 Å². The van der Waals surface area contributed by atoms with Crippen LogP contribution in [0.15, 0.2) is 59.9 Å². The molecule has 2 N–H and O–H groups in total. The fraction of sp³-hybridized carbons (Fsp3) is 0.136. The second-order valence-corrected chi connectivity index (χ2v) is 10.1. The van der Waals surface area contributed by atoms with Crippen LogP contribution < -0.4 is 10.5 Å². The van der Waals surface area contributed by atoms with E-state index in [-0.39, 0.29) is 10.7 Å². The van der Waals surface area contributed by atoms with Crippen molar-refractivity contribution < 1.29 is 13.2 Å². The minimum absolute atomic E-state index is 0.130. The maximum Gasteiger partial charge on any atom is 0.243 e. The molecule has 1 aliphatic rings. The summed E-state index contributed by atoms with van der Waals surface area (Å²) in [4.78, 5) is 13.0. The monoisotopic (exact) mass is 467 g/mol. The third-order valence-corrected chi connectivity index (χ3v) is 7.58. The summed E-state index contributed by atoms with van der Waals surface area (Å²) in [6.07, 6.45) is 2.93. The van der Waals surface area contributed by atoms with Crippen LogP contribution in [-0.4, -0.2) is 41.8 Å². The van der Waals surface area contributed by atoms with E-state index in [9.17, 15) is 8.42 Å². The molecule has 5 rings (SSSR count). The van der Waals surface area contributed by atoms with Crippen LogP contribution in [-0.2, 0) is 10.0 Å². The molecule has 0 spiro atoms. The van der Waals surface area contributed by atoms with Crippen molar-refractivity contribution in [3.8, 4) is 11.6 Å². The number of nitrogens with zero attached hydrogens (tertiary/aromatic N) is 4. The number of anilines is 1. The summed E-state index contributed by atoms with van der Waals surface area (Å²) in [6.45, 7) is 0. The molecular weight excluding hydrogens is 450 g/mol. The molecule has 1 atom stereocenters. The van der Waals surface area contributed by atoms with E-state index in [4.69, 9.17) is 22.1 Å². The average Bonchev–Trinajstić information content (AvgIpc) is 2.78. The highest BCUT2D eigenvalue weighted by atomic mass is 35.5. The van der Waals surface area contributed by atoms with Crippen molar-refractivity contribution in [2.75, 3.05) is 19.8 Å². The van der Waals surface area contributed by atoms with E-state index in [1.165, 1.54) is 24.7 Å². The SMILES string of the molecule is CN(C)S(=O)(=O)c1cc2c(c3ncccc13)Oc1ncnc(N)c1C2c1ccc(Cl)cc1. The van der Waals surface area contributed by atoms with Crippen LogP contribution in [0.25, 0.3) is 10.9 Å². The largest absolute Gasteiger partial charge is 0.436 e. The van der Waals surface area contributed by atoms with E-state index in [1.54, 1.807) is 36.5 Å². The van der Waals surface area contributed by atoms with Gasteiger partial charge in [0.2, 0.25) is 15.9 Å². The number of rotatable bonds is 3. The van der Waals surface area contributed by atoms with Crippen molar-refractivity contribution in [2.24, 2.45) is 0 Å². The normalized spacial score (nSPS) is 15.3. The van der Waals surface area contributed by atoms with Crippen LogP contribution in [0.1, 0.15) is 22.6 Å². The Labute approximate surface area is 189 Å². The van der Waals surface area contributed by atoms with Crippen LogP contribution in [0, 0.1) is 0 Å². The summed E-state index contributed by atoms with van der Waals surface area (Å²) in [6, 6.07) is 12.3. The minimum Gasteiger partial charge on any atom is -0.436 e.